The molecule has 13 heteroatoms. The average Bonchev–Trinajstić information content (AvgIpc) is 3.60. The Kier molecular flexibility index (Phi) is 11.1. The van der Waals surface area contributed by atoms with Crippen molar-refractivity contribution in [2.24, 2.45) is 0 Å². The molecule has 1 aliphatic rings. The second kappa shape index (κ2) is 16.0. The molecule has 0 spiro atoms. The molecule has 3 amide bonds. The van der Waals surface area contributed by atoms with E-state index >= 15 is 0 Å². The fourth-order valence-electron chi connectivity index (χ4n) is 5.55. The van der Waals surface area contributed by atoms with Gasteiger partial charge in [0.1, 0.15) is 23.5 Å². The summed E-state index contributed by atoms with van der Waals surface area (Å²) >= 11 is 1.43. The van der Waals surface area contributed by atoms with Crippen molar-refractivity contribution >= 4 is 44.8 Å². The number of carbonyl (C=O) groups excluding carboxylic acids is 3. The Morgan fingerprint density at radius 3 is 2.45 bits per heavy atom. The predicted molar refractivity (Wildman–Crippen MR) is 194 cm³/mol. The van der Waals surface area contributed by atoms with E-state index < -0.39 is 27.7 Å². The van der Waals surface area contributed by atoms with E-state index in [4.69, 9.17) is 9.47 Å². The number of nitrogens with one attached hydrogen (secondary N) is 3. The summed E-state index contributed by atoms with van der Waals surface area (Å²) < 4.78 is 38.0. The van der Waals surface area contributed by atoms with Gasteiger partial charge in [-0.05, 0) is 66.6 Å². The summed E-state index contributed by atoms with van der Waals surface area (Å²) in [4.78, 5) is 43.1. The summed E-state index contributed by atoms with van der Waals surface area (Å²) in [6, 6.07) is 27.3. The maximum Gasteiger partial charge on any atom is 0.407 e. The van der Waals surface area contributed by atoms with E-state index in [9.17, 15) is 22.8 Å². The third-order valence-electron chi connectivity index (χ3n) is 8.14. The second-order valence-corrected chi connectivity index (χ2v) is 14.8. The van der Waals surface area contributed by atoms with Crippen molar-refractivity contribution in [3.8, 4) is 16.3 Å². The molecule has 11 nitrogen and oxygen atoms in total. The molecule has 0 radical (unpaired) electrons. The molecule has 2 heterocycles. The molecular weight excluding hydrogens is 689 g/mol. The molecule has 0 saturated heterocycles. The lowest BCUT2D eigenvalue weighted by Crippen LogP contribution is -2.29. The summed E-state index contributed by atoms with van der Waals surface area (Å²) in [6.07, 6.45) is 3.54. The van der Waals surface area contributed by atoms with Crippen LogP contribution in [0, 0.1) is 0 Å². The molecule has 1 atom stereocenters. The van der Waals surface area contributed by atoms with Gasteiger partial charge in [0.05, 0.1) is 27.6 Å². The lowest BCUT2D eigenvalue weighted by molar-refractivity contribution is 0.0949. The first-order valence-corrected chi connectivity index (χ1v) is 18.8. The number of amides is 3. The first kappa shape index (κ1) is 35.3. The quantitative estimate of drug-likeness (QED) is 0.117. The molecule has 5 aromatic rings. The topological polar surface area (TPSA) is 153 Å². The van der Waals surface area contributed by atoms with Gasteiger partial charge in [0.15, 0.2) is 0 Å². The van der Waals surface area contributed by atoms with Crippen LogP contribution in [0.2, 0.25) is 0 Å². The molecule has 262 valence electrons. The molecule has 3 N–H and O–H groups in total. The highest BCUT2D eigenvalue weighted by Gasteiger charge is 2.31. The summed E-state index contributed by atoms with van der Waals surface area (Å²) in [5.41, 5.74) is 2.12. The number of anilines is 1. The maximum absolute atomic E-state index is 13.3. The minimum absolute atomic E-state index is 0.0481. The number of benzene rings is 4. The third kappa shape index (κ3) is 8.62. The highest BCUT2D eigenvalue weighted by Crippen LogP contribution is 2.34. The molecule has 0 aliphatic carbocycles. The number of carbonyl (C=O) groups is 3. The van der Waals surface area contributed by atoms with E-state index in [1.807, 2.05) is 54.6 Å². The zero-order valence-corrected chi connectivity index (χ0v) is 29.4. The average molecular weight is 725 g/mol. The maximum atomic E-state index is 13.3. The van der Waals surface area contributed by atoms with Crippen molar-refractivity contribution in [1.29, 1.82) is 0 Å². The number of alkyl carbamates (subject to hydrolysis) is 1. The van der Waals surface area contributed by atoms with Crippen LogP contribution in [0.4, 0.5) is 10.5 Å². The van der Waals surface area contributed by atoms with Crippen molar-refractivity contribution in [3.63, 3.8) is 0 Å². The van der Waals surface area contributed by atoms with Crippen molar-refractivity contribution in [3.05, 3.63) is 125 Å². The lowest BCUT2D eigenvalue weighted by atomic mass is 10.1. The standard InChI is InChI=1S/C38H36N4O7S2/c1-2-8-28(19-20-39-38(45)48-24-25-9-4-3-5-10-25)49-29-16-13-26(14-17-29)37-41-23-30(50-37)22-40-35(43)27-15-18-34-32(21-27)42-36(44)31-11-6-7-12-33(31)51(34,46)47/h3-7,9-18,21,23,28H,2,8,19-20,22,24H2,1H3,(H,39,45)(H,40,43)(H,42,44). The van der Waals surface area contributed by atoms with Crippen LogP contribution in [0.15, 0.2) is 113 Å². The molecule has 4 aromatic carbocycles. The monoisotopic (exact) mass is 724 g/mol. The fraction of sp³-hybridized carbons (Fsp3) is 0.211. The summed E-state index contributed by atoms with van der Waals surface area (Å²) in [5, 5.41) is 9.05. The van der Waals surface area contributed by atoms with Gasteiger partial charge < -0.3 is 25.4 Å². The number of hydrogen-bond donors (Lipinski definition) is 3. The number of aromatic nitrogens is 1. The summed E-state index contributed by atoms with van der Waals surface area (Å²) in [6.45, 7) is 2.93. The van der Waals surface area contributed by atoms with Gasteiger partial charge in [-0.1, -0.05) is 55.8 Å². The van der Waals surface area contributed by atoms with E-state index in [0.717, 1.165) is 33.9 Å². The van der Waals surface area contributed by atoms with Gasteiger partial charge in [-0.25, -0.2) is 18.2 Å². The van der Waals surface area contributed by atoms with Crippen molar-refractivity contribution in [2.45, 2.75) is 55.2 Å². The number of hydrogen-bond acceptors (Lipinski definition) is 9. The Bertz CT molecular complexity index is 2140. The van der Waals surface area contributed by atoms with Gasteiger partial charge in [0.25, 0.3) is 11.8 Å². The van der Waals surface area contributed by atoms with Gasteiger partial charge >= 0.3 is 6.09 Å². The molecule has 1 aromatic heterocycles. The Hall–Kier alpha value is -5.53. The Balaban J connectivity index is 1.00. The van der Waals surface area contributed by atoms with Gasteiger partial charge in [0, 0.05) is 35.2 Å². The van der Waals surface area contributed by atoms with Gasteiger partial charge in [-0.15, -0.1) is 11.3 Å². The molecular formula is C38H36N4O7S2. The number of thiazole rings is 1. The zero-order chi connectivity index (χ0) is 35.8. The van der Waals surface area contributed by atoms with Crippen molar-refractivity contribution in [2.75, 3.05) is 11.9 Å². The van der Waals surface area contributed by atoms with Crippen LogP contribution in [-0.2, 0) is 27.7 Å². The minimum Gasteiger partial charge on any atom is -0.490 e. The Morgan fingerprint density at radius 1 is 0.902 bits per heavy atom. The highest BCUT2D eigenvalue weighted by molar-refractivity contribution is 7.91. The van der Waals surface area contributed by atoms with Crippen LogP contribution in [0.3, 0.4) is 0 Å². The zero-order valence-electron chi connectivity index (χ0n) is 27.8. The van der Waals surface area contributed by atoms with E-state index in [1.54, 1.807) is 18.3 Å². The number of nitrogens with zero attached hydrogens (tertiary/aromatic N) is 1. The van der Waals surface area contributed by atoms with Gasteiger partial charge in [0.2, 0.25) is 9.84 Å². The van der Waals surface area contributed by atoms with Crippen LogP contribution in [0.1, 0.15) is 57.3 Å². The number of ether oxygens (including phenoxy) is 2. The third-order valence-corrected chi connectivity index (χ3v) is 11.1. The molecule has 6 rings (SSSR count). The van der Waals surface area contributed by atoms with Crippen LogP contribution in [0.25, 0.3) is 10.6 Å². The predicted octanol–water partition coefficient (Wildman–Crippen LogP) is 7.00. The molecule has 0 bridgehead atoms. The first-order chi connectivity index (χ1) is 24.7. The molecule has 1 aliphatic heterocycles. The van der Waals surface area contributed by atoms with Gasteiger partial charge in [-0.2, -0.15) is 0 Å². The Morgan fingerprint density at radius 2 is 1.67 bits per heavy atom. The van der Waals surface area contributed by atoms with E-state index in [-0.39, 0.29) is 45.9 Å². The van der Waals surface area contributed by atoms with Crippen LogP contribution >= 0.6 is 11.3 Å². The molecule has 0 fully saturated rings. The van der Waals surface area contributed by atoms with Crippen molar-refractivity contribution in [1.82, 2.24) is 15.6 Å². The first-order valence-electron chi connectivity index (χ1n) is 16.5. The normalized spacial score (nSPS) is 13.5. The van der Waals surface area contributed by atoms with E-state index in [0.29, 0.717) is 18.7 Å². The largest absolute Gasteiger partial charge is 0.490 e. The van der Waals surface area contributed by atoms with Gasteiger partial charge in [-0.3, -0.25) is 9.59 Å². The molecule has 51 heavy (non-hydrogen) atoms. The smallest absolute Gasteiger partial charge is 0.407 e. The molecule has 0 saturated carbocycles. The minimum atomic E-state index is -3.97. The SMILES string of the molecule is CCCC(CCNC(=O)OCc1ccccc1)Oc1ccc(-c2ncc(CNC(=O)c3ccc4c(c3)NC(=O)c3ccccc3S4(=O)=O)s2)cc1. The fourth-order valence-corrected chi connectivity index (χ4v) is 8.00. The second-order valence-electron chi connectivity index (χ2n) is 11.8. The number of fused-ring (bicyclic) bond motifs is 2. The Labute approximate surface area is 300 Å². The van der Waals surface area contributed by atoms with Crippen LogP contribution in [0.5, 0.6) is 5.75 Å². The van der Waals surface area contributed by atoms with Crippen LogP contribution in [-0.4, -0.2) is 44.0 Å². The van der Waals surface area contributed by atoms with Crippen LogP contribution < -0.4 is 20.7 Å². The highest BCUT2D eigenvalue weighted by atomic mass is 32.2. The number of rotatable bonds is 13. The van der Waals surface area contributed by atoms with E-state index in [2.05, 4.69) is 27.9 Å². The number of sulfone groups is 1. The summed E-state index contributed by atoms with van der Waals surface area (Å²) in [5.74, 6) is -0.278. The molecule has 1 unspecified atom stereocenters. The van der Waals surface area contributed by atoms with E-state index in [1.165, 1.54) is 41.7 Å². The summed E-state index contributed by atoms with van der Waals surface area (Å²) in [7, 11) is -3.97. The lowest BCUT2D eigenvalue weighted by Gasteiger charge is -2.19. The van der Waals surface area contributed by atoms with Crippen molar-refractivity contribution < 1.29 is 32.3 Å².